The molecule has 4 N–H and O–H groups in total. The summed E-state index contributed by atoms with van der Waals surface area (Å²) in [5.74, 6) is 1.49. The van der Waals surface area contributed by atoms with Crippen molar-refractivity contribution in [2.75, 3.05) is 25.4 Å². The Morgan fingerprint density at radius 1 is 1.43 bits per heavy atom. The molecule has 1 aromatic heterocycles. The van der Waals surface area contributed by atoms with Gasteiger partial charge in [0.05, 0.1) is 17.1 Å². The molecule has 0 aliphatic carbocycles. The topological polar surface area (TPSA) is 78.2 Å². The number of aliphatic hydroxyl groups is 1. The van der Waals surface area contributed by atoms with Crippen molar-refractivity contribution in [3.63, 3.8) is 0 Å². The molecule has 1 atom stereocenters. The van der Waals surface area contributed by atoms with Gasteiger partial charge in [-0.1, -0.05) is 0 Å². The summed E-state index contributed by atoms with van der Waals surface area (Å²) < 4.78 is 0. The number of imidazole rings is 1. The van der Waals surface area contributed by atoms with Crippen LogP contribution in [-0.4, -0.2) is 45.7 Å². The minimum absolute atomic E-state index is 0.173. The van der Waals surface area contributed by atoms with Gasteiger partial charge in [0.15, 0.2) is 0 Å². The van der Waals surface area contributed by atoms with Gasteiger partial charge in [-0.15, -0.1) is 0 Å². The number of nitrogens with zero attached hydrogens (tertiary/aromatic N) is 2. The van der Waals surface area contributed by atoms with Crippen molar-refractivity contribution in [2.24, 2.45) is 5.92 Å². The number of likely N-dealkylation sites (tertiary alicyclic amines) is 1. The molecule has 1 aromatic carbocycles. The van der Waals surface area contributed by atoms with E-state index in [4.69, 9.17) is 5.73 Å². The maximum Gasteiger partial charge on any atom is 0.108 e. The third-order valence-corrected chi connectivity index (χ3v) is 4.53. The standard InChI is InChI=1S/C16H24N4O/c1-11(21)12-4-7-20(8-5-12)9-6-16-18-14-3-2-13(17)10-15(14)19-16/h2-3,10-12,21H,4-9,17H2,1H3,(H,18,19). The Morgan fingerprint density at radius 3 is 2.90 bits per heavy atom. The maximum atomic E-state index is 9.63. The smallest absolute Gasteiger partial charge is 0.108 e. The number of piperidine rings is 1. The summed E-state index contributed by atoms with van der Waals surface area (Å²) in [5, 5.41) is 9.63. The number of anilines is 1. The Balaban J connectivity index is 1.55. The molecule has 0 saturated carbocycles. The second-order valence-corrected chi connectivity index (χ2v) is 6.13. The molecule has 1 fully saturated rings. The van der Waals surface area contributed by atoms with Crippen molar-refractivity contribution in [3.8, 4) is 0 Å². The van der Waals surface area contributed by atoms with Crippen LogP contribution in [0.2, 0.25) is 0 Å². The number of benzene rings is 1. The van der Waals surface area contributed by atoms with E-state index in [0.29, 0.717) is 5.92 Å². The maximum absolute atomic E-state index is 9.63. The van der Waals surface area contributed by atoms with Crippen LogP contribution >= 0.6 is 0 Å². The number of H-pyrrole nitrogens is 1. The average Bonchev–Trinajstić information content (AvgIpc) is 2.87. The highest BCUT2D eigenvalue weighted by atomic mass is 16.3. The predicted octanol–water partition coefficient (Wildman–Crippen LogP) is 1.78. The van der Waals surface area contributed by atoms with Gasteiger partial charge in [-0.05, 0) is 57.0 Å². The van der Waals surface area contributed by atoms with Crippen LogP contribution < -0.4 is 5.73 Å². The first kappa shape index (κ1) is 14.4. The summed E-state index contributed by atoms with van der Waals surface area (Å²) in [6.07, 6.45) is 2.93. The van der Waals surface area contributed by atoms with Crippen molar-refractivity contribution in [1.29, 1.82) is 0 Å². The highest BCUT2D eigenvalue weighted by Crippen LogP contribution is 2.21. The number of fused-ring (bicyclic) bond motifs is 1. The minimum Gasteiger partial charge on any atom is -0.399 e. The number of hydrogen-bond donors (Lipinski definition) is 3. The number of nitrogen functional groups attached to an aromatic ring is 1. The molecule has 1 aliphatic rings. The zero-order chi connectivity index (χ0) is 14.8. The van der Waals surface area contributed by atoms with E-state index in [0.717, 1.165) is 61.4 Å². The third kappa shape index (κ3) is 3.36. The fourth-order valence-electron chi connectivity index (χ4n) is 3.12. The van der Waals surface area contributed by atoms with E-state index < -0.39 is 0 Å². The van der Waals surface area contributed by atoms with E-state index in [1.807, 2.05) is 25.1 Å². The van der Waals surface area contributed by atoms with Gasteiger partial charge in [0, 0.05) is 18.7 Å². The fourth-order valence-corrected chi connectivity index (χ4v) is 3.12. The molecule has 0 radical (unpaired) electrons. The summed E-state index contributed by atoms with van der Waals surface area (Å²) in [4.78, 5) is 10.4. The van der Waals surface area contributed by atoms with Crippen molar-refractivity contribution in [1.82, 2.24) is 14.9 Å². The molecule has 1 aliphatic heterocycles. The molecule has 5 heteroatoms. The van der Waals surface area contributed by atoms with Crippen LogP contribution in [0.3, 0.4) is 0 Å². The third-order valence-electron chi connectivity index (χ3n) is 4.53. The number of aromatic amines is 1. The summed E-state index contributed by atoms with van der Waals surface area (Å²) in [5.41, 5.74) is 8.54. The van der Waals surface area contributed by atoms with Gasteiger partial charge in [-0.3, -0.25) is 0 Å². The number of aromatic nitrogens is 2. The van der Waals surface area contributed by atoms with Gasteiger partial charge in [0.1, 0.15) is 5.82 Å². The van der Waals surface area contributed by atoms with Gasteiger partial charge in [0.2, 0.25) is 0 Å². The fraction of sp³-hybridized carbons (Fsp3) is 0.562. The highest BCUT2D eigenvalue weighted by Gasteiger charge is 2.22. The Labute approximate surface area is 125 Å². The zero-order valence-electron chi connectivity index (χ0n) is 12.5. The van der Waals surface area contributed by atoms with Gasteiger partial charge < -0.3 is 20.7 Å². The van der Waals surface area contributed by atoms with E-state index in [1.54, 1.807) is 0 Å². The lowest BCUT2D eigenvalue weighted by molar-refractivity contribution is 0.0721. The first-order chi connectivity index (χ1) is 10.1. The molecule has 2 aromatic rings. The largest absolute Gasteiger partial charge is 0.399 e. The quantitative estimate of drug-likeness (QED) is 0.749. The van der Waals surface area contributed by atoms with Crippen molar-refractivity contribution >= 4 is 16.7 Å². The average molecular weight is 288 g/mol. The van der Waals surface area contributed by atoms with E-state index in [9.17, 15) is 5.11 Å². The lowest BCUT2D eigenvalue weighted by atomic mass is 9.92. The molecule has 0 bridgehead atoms. The predicted molar refractivity (Wildman–Crippen MR) is 85.1 cm³/mol. The zero-order valence-corrected chi connectivity index (χ0v) is 12.5. The van der Waals surface area contributed by atoms with Crippen LogP contribution in [0.15, 0.2) is 18.2 Å². The first-order valence-electron chi connectivity index (χ1n) is 7.76. The molecule has 114 valence electrons. The molecule has 5 nitrogen and oxygen atoms in total. The van der Waals surface area contributed by atoms with Gasteiger partial charge >= 0.3 is 0 Å². The van der Waals surface area contributed by atoms with Crippen molar-refractivity contribution in [3.05, 3.63) is 24.0 Å². The summed E-state index contributed by atoms with van der Waals surface area (Å²) in [7, 11) is 0. The van der Waals surface area contributed by atoms with Gasteiger partial charge in [0.25, 0.3) is 0 Å². The van der Waals surface area contributed by atoms with Crippen LogP contribution in [0, 0.1) is 5.92 Å². The molecule has 3 rings (SSSR count). The highest BCUT2D eigenvalue weighted by molar-refractivity contribution is 5.78. The SMILES string of the molecule is CC(O)C1CCN(CCc2nc3ccc(N)cc3[nH]2)CC1. The molecule has 1 saturated heterocycles. The molecular weight excluding hydrogens is 264 g/mol. The molecule has 0 spiro atoms. The molecular formula is C16H24N4O. The molecule has 1 unspecified atom stereocenters. The number of hydrogen-bond acceptors (Lipinski definition) is 4. The van der Waals surface area contributed by atoms with Crippen LogP contribution in [-0.2, 0) is 6.42 Å². The normalized spacial score (nSPS) is 19.1. The Morgan fingerprint density at radius 2 is 2.19 bits per heavy atom. The second kappa shape index (κ2) is 6.03. The van der Waals surface area contributed by atoms with E-state index in [2.05, 4.69) is 14.9 Å². The Hall–Kier alpha value is -1.59. The van der Waals surface area contributed by atoms with Crippen LogP contribution in [0.5, 0.6) is 0 Å². The lowest BCUT2D eigenvalue weighted by Gasteiger charge is -2.33. The molecule has 21 heavy (non-hydrogen) atoms. The van der Waals surface area contributed by atoms with E-state index in [1.165, 1.54) is 0 Å². The second-order valence-electron chi connectivity index (χ2n) is 6.13. The molecule has 2 heterocycles. The number of aliphatic hydroxyl groups excluding tert-OH is 1. The van der Waals surface area contributed by atoms with Crippen molar-refractivity contribution in [2.45, 2.75) is 32.3 Å². The van der Waals surface area contributed by atoms with Gasteiger partial charge in [-0.25, -0.2) is 4.98 Å². The van der Waals surface area contributed by atoms with Crippen LogP contribution in [0.1, 0.15) is 25.6 Å². The summed E-state index contributed by atoms with van der Waals surface area (Å²) in [6.45, 7) is 5.06. The van der Waals surface area contributed by atoms with Gasteiger partial charge in [-0.2, -0.15) is 0 Å². The summed E-state index contributed by atoms with van der Waals surface area (Å²) >= 11 is 0. The van der Waals surface area contributed by atoms with E-state index >= 15 is 0 Å². The monoisotopic (exact) mass is 288 g/mol. The van der Waals surface area contributed by atoms with Crippen molar-refractivity contribution < 1.29 is 5.11 Å². The number of nitrogens with two attached hydrogens (primary N) is 1. The minimum atomic E-state index is -0.173. The van der Waals surface area contributed by atoms with Crippen LogP contribution in [0.4, 0.5) is 5.69 Å². The summed E-state index contributed by atoms with van der Waals surface area (Å²) in [6, 6.07) is 5.77. The lowest BCUT2D eigenvalue weighted by Crippen LogP contribution is -2.38. The Bertz CT molecular complexity index is 599. The first-order valence-corrected chi connectivity index (χ1v) is 7.76. The van der Waals surface area contributed by atoms with Crippen LogP contribution in [0.25, 0.3) is 11.0 Å². The number of rotatable bonds is 4. The Kier molecular flexibility index (Phi) is 4.12. The molecule has 0 amide bonds. The van der Waals surface area contributed by atoms with E-state index in [-0.39, 0.29) is 6.10 Å². The number of nitrogens with one attached hydrogen (secondary N) is 1.